The first kappa shape index (κ1) is 18.5. The van der Waals surface area contributed by atoms with Crippen LogP contribution in [0.3, 0.4) is 0 Å². The molecule has 4 aromatic rings. The van der Waals surface area contributed by atoms with Crippen LogP contribution in [0, 0.1) is 0 Å². The predicted molar refractivity (Wildman–Crippen MR) is 111 cm³/mol. The Morgan fingerprint density at radius 3 is 2.56 bits per heavy atom. The summed E-state index contributed by atoms with van der Waals surface area (Å²) in [6, 6.07) is 9.78. The van der Waals surface area contributed by atoms with E-state index in [2.05, 4.69) is 15.4 Å². The van der Waals surface area contributed by atoms with Gasteiger partial charge >= 0.3 is 0 Å². The van der Waals surface area contributed by atoms with Crippen molar-refractivity contribution < 1.29 is 4.79 Å². The Balaban J connectivity index is 1.66. The molecule has 0 bridgehead atoms. The van der Waals surface area contributed by atoms with Gasteiger partial charge in [-0.2, -0.15) is 4.98 Å². The molecule has 1 N–H and O–H groups in total. The van der Waals surface area contributed by atoms with Gasteiger partial charge in [0.2, 0.25) is 4.96 Å². The van der Waals surface area contributed by atoms with Gasteiger partial charge in [-0.3, -0.25) is 10.1 Å². The van der Waals surface area contributed by atoms with Crippen molar-refractivity contribution in [1.82, 2.24) is 14.6 Å². The third-order valence-corrected chi connectivity index (χ3v) is 5.81. The van der Waals surface area contributed by atoms with Gasteiger partial charge < -0.3 is 0 Å². The molecule has 0 aliphatic heterocycles. The smallest absolute Gasteiger partial charge is 0.258 e. The van der Waals surface area contributed by atoms with Crippen LogP contribution in [-0.4, -0.2) is 20.5 Å². The molecule has 1 amide bonds. The monoisotopic (exact) mass is 456 g/mol. The number of nitrogens with one attached hydrogen (secondary N) is 1. The highest BCUT2D eigenvalue weighted by Gasteiger charge is 2.16. The average molecular weight is 458 g/mol. The number of nitrogens with zero attached hydrogens (tertiary/aromatic N) is 3. The van der Waals surface area contributed by atoms with Gasteiger partial charge in [-0.05, 0) is 36.4 Å². The van der Waals surface area contributed by atoms with E-state index in [9.17, 15) is 4.79 Å². The maximum absolute atomic E-state index is 12.4. The van der Waals surface area contributed by atoms with Crippen molar-refractivity contribution >= 4 is 74.6 Å². The SMILES string of the molecule is O=C(Nc1nc2scc(-c3cc(Cl)ccc3Cl)n2n1)c1ccc(Cl)c(Cl)c1. The van der Waals surface area contributed by atoms with Crippen LogP contribution in [0.15, 0.2) is 41.8 Å². The zero-order valence-corrected chi connectivity index (χ0v) is 17.1. The number of anilines is 1. The molecule has 5 nitrogen and oxygen atoms in total. The molecule has 0 unspecified atom stereocenters. The molecule has 0 radical (unpaired) electrons. The molecule has 136 valence electrons. The number of benzene rings is 2. The van der Waals surface area contributed by atoms with Crippen LogP contribution < -0.4 is 5.32 Å². The summed E-state index contributed by atoms with van der Waals surface area (Å²) in [6.45, 7) is 0. The Morgan fingerprint density at radius 2 is 1.78 bits per heavy atom. The first-order valence-corrected chi connectivity index (χ1v) is 9.87. The number of carbonyl (C=O) groups is 1. The molecule has 0 spiro atoms. The van der Waals surface area contributed by atoms with Gasteiger partial charge in [0.1, 0.15) is 0 Å². The highest BCUT2D eigenvalue weighted by Crippen LogP contribution is 2.33. The highest BCUT2D eigenvalue weighted by molar-refractivity contribution is 7.15. The maximum Gasteiger partial charge on any atom is 0.258 e. The standard InChI is InChI=1S/C17H8Cl4N4OS/c18-9-2-4-11(19)10(6-9)14-7-27-17-23-16(24-25(14)17)22-15(26)8-1-3-12(20)13(21)5-8/h1-7H,(H,22,24,26). The van der Waals surface area contributed by atoms with Crippen molar-refractivity contribution in [3.8, 4) is 11.3 Å². The molecule has 0 saturated carbocycles. The average Bonchev–Trinajstić information content (AvgIpc) is 3.19. The zero-order valence-electron chi connectivity index (χ0n) is 13.2. The lowest BCUT2D eigenvalue weighted by atomic mass is 10.2. The van der Waals surface area contributed by atoms with E-state index in [-0.39, 0.29) is 5.95 Å². The number of hydrogen-bond acceptors (Lipinski definition) is 4. The molecule has 0 fully saturated rings. The van der Waals surface area contributed by atoms with E-state index in [1.807, 2.05) is 5.38 Å². The lowest BCUT2D eigenvalue weighted by molar-refractivity contribution is 0.102. The van der Waals surface area contributed by atoms with E-state index in [0.29, 0.717) is 30.6 Å². The van der Waals surface area contributed by atoms with Crippen LogP contribution in [0.25, 0.3) is 16.2 Å². The molecule has 0 atom stereocenters. The van der Waals surface area contributed by atoms with Crippen molar-refractivity contribution in [1.29, 1.82) is 0 Å². The summed E-state index contributed by atoms with van der Waals surface area (Å²) in [4.78, 5) is 17.3. The van der Waals surface area contributed by atoms with Crippen molar-refractivity contribution in [2.45, 2.75) is 0 Å². The Bertz CT molecular complexity index is 1190. The van der Waals surface area contributed by atoms with E-state index < -0.39 is 5.91 Å². The lowest BCUT2D eigenvalue weighted by Crippen LogP contribution is -2.13. The summed E-state index contributed by atoms with van der Waals surface area (Å²) in [5.41, 5.74) is 1.80. The number of thiazole rings is 1. The molecule has 2 aromatic heterocycles. The van der Waals surface area contributed by atoms with Gasteiger partial charge in [0.15, 0.2) is 0 Å². The quantitative estimate of drug-likeness (QED) is 0.391. The lowest BCUT2D eigenvalue weighted by Gasteiger charge is -2.04. The van der Waals surface area contributed by atoms with Crippen LogP contribution in [0.2, 0.25) is 20.1 Å². The molecule has 2 heterocycles. The van der Waals surface area contributed by atoms with Crippen molar-refractivity contribution in [3.63, 3.8) is 0 Å². The largest absolute Gasteiger partial charge is 0.289 e. The molecule has 0 aliphatic carbocycles. The van der Waals surface area contributed by atoms with Crippen molar-refractivity contribution in [2.24, 2.45) is 0 Å². The van der Waals surface area contributed by atoms with Crippen LogP contribution >= 0.6 is 57.7 Å². The molecule has 10 heteroatoms. The second-order valence-electron chi connectivity index (χ2n) is 5.46. The molecular weight excluding hydrogens is 450 g/mol. The minimum Gasteiger partial charge on any atom is -0.289 e. The number of halogens is 4. The van der Waals surface area contributed by atoms with E-state index >= 15 is 0 Å². The minimum absolute atomic E-state index is 0.164. The normalized spacial score (nSPS) is 11.1. The van der Waals surface area contributed by atoms with Gasteiger partial charge in [-0.25, -0.2) is 4.52 Å². The summed E-state index contributed by atoms with van der Waals surface area (Å²) in [6.07, 6.45) is 0. The van der Waals surface area contributed by atoms with Gasteiger partial charge in [0, 0.05) is 21.5 Å². The Morgan fingerprint density at radius 1 is 1.00 bits per heavy atom. The van der Waals surface area contributed by atoms with E-state index in [1.54, 1.807) is 34.8 Å². The van der Waals surface area contributed by atoms with E-state index in [1.165, 1.54) is 17.4 Å². The van der Waals surface area contributed by atoms with Gasteiger partial charge in [0.05, 0.1) is 20.8 Å². The summed E-state index contributed by atoms with van der Waals surface area (Å²) in [5.74, 6) is -0.230. The number of aromatic nitrogens is 3. The first-order valence-electron chi connectivity index (χ1n) is 7.48. The summed E-state index contributed by atoms with van der Waals surface area (Å²) < 4.78 is 1.60. The van der Waals surface area contributed by atoms with Crippen molar-refractivity contribution in [3.05, 3.63) is 67.4 Å². The summed E-state index contributed by atoms with van der Waals surface area (Å²) in [5, 5.41) is 10.6. The maximum atomic E-state index is 12.4. The Kier molecular flexibility index (Phi) is 5.01. The van der Waals surface area contributed by atoms with Crippen LogP contribution in [0.4, 0.5) is 5.95 Å². The molecular formula is C17H8Cl4N4OS. The van der Waals surface area contributed by atoms with Crippen molar-refractivity contribution in [2.75, 3.05) is 5.32 Å². The van der Waals surface area contributed by atoms with Gasteiger partial charge in [-0.1, -0.05) is 46.4 Å². The third-order valence-electron chi connectivity index (χ3n) is 3.69. The van der Waals surface area contributed by atoms with Crippen LogP contribution in [-0.2, 0) is 0 Å². The minimum atomic E-state index is -0.394. The van der Waals surface area contributed by atoms with Gasteiger partial charge in [0.25, 0.3) is 11.9 Å². The first-order chi connectivity index (χ1) is 12.9. The number of amides is 1. The molecule has 0 saturated heterocycles. The zero-order chi connectivity index (χ0) is 19.1. The molecule has 0 aliphatic rings. The number of rotatable bonds is 3. The molecule has 27 heavy (non-hydrogen) atoms. The summed E-state index contributed by atoms with van der Waals surface area (Å²) >= 11 is 25.5. The predicted octanol–water partition coefficient (Wildman–Crippen LogP) is 6.32. The number of fused-ring (bicyclic) bond motifs is 1. The fourth-order valence-electron chi connectivity index (χ4n) is 2.42. The Labute approximate surface area is 177 Å². The van der Waals surface area contributed by atoms with Crippen LogP contribution in [0.5, 0.6) is 0 Å². The topological polar surface area (TPSA) is 59.3 Å². The van der Waals surface area contributed by atoms with E-state index in [0.717, 1.165) is 11.3 Å². The van der Waals surface area contributed by atoms with Gasteiger partial charge in [-0.15, -0.1) is 16.4 Å². The highest BCUT2D eigenvalue weighted by atomic mass is 35.5. The fourth-order valence-corrected chi connectivity index (χ4v) is 3.93. The Hall–Kier alpha value is -1.83. The second kappa shape index (κ2) is 7.30. The third kappa shape index (κ3) is 3.63. The second-order valence-corrected chi connectivity index (χ2v) is 7.95. The summed E-state index contributed by atoms with van der Waals surface area (Å²) in [7, 11) is 0. The molecule has 2 aromatic carbocycles. The van der Waals surface area contributed by atoms with Crippen LogP contribution in [0.1, 0.15) is 10.4 Å². The molecule has 4 rings (SSSR count). The number of carbonyl (C=O) groups excluding carboxylic acids is 1. The fraction of sp³-hybridized carbons (Fsp3) is 0. The number of hydrogen-bond donors (Lipinski definition) is 1. The van der Waals surface area contributed by atoms with E-state index in [4.69, 9.17) is 46.4 Å².